The Morgan fingerprint density at radius 2 is 2.00 bits per heavy atom. The molecule has 0 aromatic heterocycles. The first-order valence-corrected chi connectivity index (χ1v) is 6.88. The third-order valence-corrected chi connectivity index (χ3v) is 3.72. The number of benzene rings is 2. The van der Waals surface area contributed by atoms with Crippen LogP contribution in [0.5, 0.6) is 5.75 Å². The van der Waals surface area contributed by atoms with Crippen LogP contribution in [0, 0.1) is 3.57 Å². The average molecular weight is 350 g/mol. The van der Waals surface area contributed by atoms with Gasteiger partial charge in [0.05, 0.1) is 12.2 Å². The molecule has 1 aliphatic rings. The van der Waals surface area contributed by atoms with Crippen molar-refractivity contribution in [2.24, 2.45) is 0 Å². The maximum atomic E-state index is 12.5. The van der Waals surface area contributed by atoms with Gasteiger partial charge >= 0.3 is 0 Å². The lowest BCUT2D eigenvalue weighted by Gasteiger charge is -2.07. The first-order chi connectivity index (χ1) is 8.75. The second-order valence-corrected chi connectivity index (χ2v) is 5.48. The maximum Gasteiger partial charge on any atom is 0.196 e. The van der Waals surface area contributed by atoms with Crippen molar-refractivity contribution in [2.45, 2.75) is 6.42 Å². The van der Waals surface area contributed by atoms with E-state index in [0.29, 0.717) is 17.7 Å². The molecule has 0 spiro atoms. The highest BCUT2D eigenvalue weighted by molar-refractivity contribution is 14.1. The summed E-state index contributed by atoms with van der Waals surface area (Å²) in [4.78, 5) is 12.5. The predicted molar refractivity (Wildman–Crippen MR) is 78.2 cm³/mol. The van der Waals surface area contributed by atoms with Gasteiger partial charge in [-0.15, -0.1) is 0 Å². The summed E-state index contributed by atoms with van der Waals surface area (Å²) in [6.45, 7) is 0.673. The monoisotopic (exact) mass is 350 g/mol. The molecule has 3 heteroatoms. The number of hydrogen-bond acceptors (Lipinski definition) is 2. The molecule has 0 N–H and O–H groups in total. The summed E-state index contributed by atoms with van der Waals surface area (Å²) < 4.78 is 6.64. The second-order valence-electron chi connectivity index (χ2n) is 4.23. The van der Waals surface area contributed by atoms with Crippen molar-refractivity contribution in [3.05, 3.63) is 62.7 Å². The molecule has 3 rings (SSSR count). The highest BCUT2D eigenvalue weighted by Crippen LogP contribution is 2.31. The zero-order chi connectivity index (χ0) is 12.5. The van der Waals surface area contributed by atoms with E-state index in [-0.39, 0.29) is 5.78 Å². The van der Waals surface area contributed by atoms with Gasteiger partial charge in [0.15, 0.2) is 5.78 Å². The number of carbonyl (C=O) groups is 1. The van der Waals surface area contributed by atoms with Gasteiger partial charge in [0, 0.05) is 15.6 Å². The fraction of sp³-hybridized carbons (Fsp3) is 0.133. The highest BCUT2D eigenvalue weighted by atomic mass is 127. The van der Waals surface area contributed by atoms with E-state index in [2.05, 4.69) is 22.6 Å². The molecule has 0 amide bonds. The van der Waals surface area contributed by atoms with Crippen LogP contribution < -0.4 is 4.74 Å². The summed E-state index contributed by atoms with van der Waals surface area (Å²) in [6.07, 6.45) is 0.892. The van der Waals surface area contributed by atoms with E-state index in [9.17, 15) is 4.79 Å². The molecule has 0 saturated carbocycles. The number of carbonyl (C=O) groups excluding carboxylic acids is 1. The van der Waals surface area contributed by atoms with Gasteiger partial charge in [-0.2, -0.15) is 0 Å². The molecule has 90 valence electrons. The maximum absolute atomic E-state index is 12.5. The lowest BCUT2D eigenvalue weighted by atomic mass is 10.00. The van der Waals surface area contributed by atoms with Gasteiger partial charge in [0.1, 0.15) is 5.75 Å². The number of rotatable bonds is 2. The van der Waals surface area contributed by atoms with Crippen LogP contribution >= 0.6 is 22.6 Å². The van der Waals surface area contributed by atoms with Crippen molar-refractivity contribution in [1.82, 2.24) is 0 Å². The topological polar surface area (TPSA) is 26.3 Å². The first kappa shape index (κ1) is 11.7. The Balaban J connectivity index is 2.06. The van der Waals surface area contributed by atoms with Crippen LogP contribution in [0.15, 0.2) is 42.5 Å². The van der Waals surface area contributed by atoms with Crippen molar-refractivity contribution in [3.8, 4) is 5.75 Å². The normalized spacial score (nSPS) is 12.9. The van der Waals surface area contributed by atoms with E-state index in [0.717, 1.165) is 21.3 Å². The summed E-state index contributed by atoms with van der Waals surface area (Å²) in [7, 11) is 0. The molecular formula is C15H11IO2. The number of ketones is 1. The number of fused-ring (bicyclic) bond motifs is 1. The Bertz CT molecular complexity index is 620. The Hall–Kier alpha value is -1.36. The van der Waals surface area contributed by atoms with Gasteiger partial charge in [0.25, 0.3) is 0 Å². The van der Waals surface area contributed by atoms with E-state index in [1.807, 2.05) is 42.5 Å². The third kappa shape index (κ3) is 2.03. The molecule has 0 saturated heterocycles. The zero-order valence-corrected chi connectivity index (χ0v) is 11.8. The second kappa shape index (κ2) is 4.72. The van der Waals surface area contributed by atoms with Crippen LogP contribution in [0.2, 0.25) is 0 Å². The van der Waals surface area contributed by atoms with E-state index in [1.165, 1.54) is 0 Å². The molecule has 2 nitrogen and oxygen atoms in total. The SMILES string of the molecule is O=C(c1cccc(I)c1)c1cccc2c1OCC2. The van der Waals surface area contributed by atoms with Gasteiger partial charge in [-0.1, -0.05) is 24.3 Å². The van der Waals surface area contributed by atoms with Crippen LogP contribution in [0.3, 0.4) is 0 Å². The molecule has 2 aromatic carbocycles. The van der Waals surface area contributed by atoms with Crippen molar-refractivity contribution in [3.63, 3.8) is 0 Å². The predicted octanol–water partition coefficient (Wildman–Crippen LogP) is 3.46. The van der Waals surface area contributed by atoms with Crippen LogP contribution in [-0.2, 0) is 6.42 Å². The van der Waals surface area contributed by atoms with Crippen LogP contribution in [0.4, 0.5) is 0 Å². The van der Waals surface area contributed by atoms with Gasteiger partial charge in [-0.25, -0.2) is 0 Å². The molecule has 0 atom stereocenters. The summed E-state index contributed by atoms with van der Waals surface area (Å²) in [5, 5.41) is 0. The molecule has 0 bridgehead atoms. The molecular weight excluding hydrogens is 339 g/mol. The van der Waals surface area contributed by atoms with Crippen molar-refractivity contribution < 1.29 is 9.53 Å². The van der Waals surface area contributed by atoms with Gasteiger partial charge < -0.3 is 4.74 Å². The summed E-state index contributed by atoms with van der Waals surface area (Å²) >= 11 is 2.21. The fourth-order valence-corrected chi connectivity index (χ4v) is 2.72. The first-order valence-electron chi connectivity index (χ1n) is 5.80. The molecule has 0 unspecified atom stereocenters. The fourth-order valence-electron chi connectivity index (χ4n) is 2.18. The zero-order valence-electron chi connectivity index (χ0n) is 9.65. The molecule has 0 fully saturated rings. The largest absolute Gasteiger partial charge is 0.492 e. The quantitative estimate of drug-likeness (QED) is 0.613. The minimum atomic E-state index is 0.0345. The third-order valence-electron chi connectivity index (χ3n) is 3.05. The molecule has 0 radical (unpaired) electrons. The number of para-hydroxylation sites is 1. The van der Waals surface area contributed by atoms with Crippen LogP contribution in [0.1, 0.15) is 21.5 Å². The van der Waals surface area contributed by atoms with Gasteiger partial charge in [-0.05, 0) is 46.4 Å². The summed E-state index contributed by atoms with van der Waals surface area (Å²) in [5.41, 5.74) is 2.52. The Labute approximate surface area is 119 Å². The summed E-state index contributed by atoms with van der Waals surface area (Å²) in [5.74, 6) is 0.800. The van der Waals surface area contributed by atoms with Crippen molar-refractivity contribution in [1.29, 1.82) is 0 Å². The number of ether oxygens (including phenoxy) is 1. The van der Waals surface area contributed by atoms with Crippen molar-refractivity contribution in [2.75, 3.05) is 6.61 Å². The van der Waals surface area contributed by atoms with E-state index < -0.39 is 0 Å². The standard InChI is InChI=1S/C15H11IO2/c16-12-5-1-4-11(9-12)14(17)13-6-2-3-10-7-8-18-15(10)13/h1-6,9H,7-8H2. The van der Waals surface area contributed by atoms with E-state index >= 15 is 0 Å². The van der Waals surface area contributed by atoms with E-state index in [1.54, 1.807) is 0 Å². The van der Waals surface area contributed by atoms with Crippen LogP contribution in [0.25, 0.3) is 0 Å². The molecule has 1 aliphatic heterocycles. The smallest absolute Gasteiger partial charge is 0.196 e. The van der Waals surface area contributed by atoms with Gasteiger partial charge in [0.2, 0.25) is 0 Å². The molecule has 1 heterocycles. The Morgan fingerprint density at radius 3 is 2.83 bits per heavy atom. The van der Waals surface area contributed by atoms with Crippen molar-refractivity contribution >= 4 is 28.4 Å². The average Bonchev–Trinajstić information content (AvgIpc) is 2.86. The number of halogens is 1. The molecule has 0 aliphatic carbocycles. The lowest BCUT2D eigenvalue weighted by Crippen LogP contribution is -2.03. The highest BCUT2D eigenvalue weighted by Gasteiger charge is 2.21. The number of hydrogen-bond donors (Lipinski definition) is 0. The van der Waals surface area contributed by atoms with Gasteiger partial charge in [-0.3, -0.25) is 4.79 Å². The minimum Gasteiger partial charge on any atom is -0.492 e. The Kier molecular flexibility index (Phi) is 3.07. The minimum absolute atomic E-state index is 0.0345. The van der Waals surface area contributed by atoms with Crippen LogP contribution in [-0.4, -0.2) is 12.4 Å². The summed E-state index contributed by atoms with van der Waals surface area (Å²) in [6, 6.07) is 13.4. The lowest BCUT2D eigenvalue weighted by molar-refractivity contribution is 0.103. The molecule has 18 heavy (non-hydrogen) atoms. The van der Waals surface area contributed by atoms with E-state index in [4.69, 9.17) is 4.74 Å². The molecule has 2 aromatic rings. The Morgan fingerprint density at radius 1 is 1.17 bits per heavy atom.